The molecule has 4 aromatic rings. The maximum atomic E-state index is 14.0. The van der Waals surface area contributed by atoms with Crippen molar-refractivity contribution in [1.82, 2.24) is 19.9 Å². The fourth-order valence-electron chi connectivity index (χ4n) is 4.33. The number of aromatic nitrogens is 4. The van der Waals surface area contributed by atoms with E-state index < -0.39 is 5.82 Å². The van der Waals surface area contributed by atoms with Gasteiger partial charge in [-0.3, -0.25) is 9.97 Å². The molecule has 1 atom stereocenters. The second-order valence-corrected chi connectivity index (χ2v) is 8.59. The number of aryl methyl sites for hydroxylation is 1. The molecule has 7 nitrogen and oxygen atoms in total. The first-order valence-electron chi connectivity index (χ1n) is 10.4. The summed E-state index contributed by atoms with van der Waals surface area (Å²) in [6.07, 6.45) is 6.10. The minimum atomic E-state index is -0.544. The molecule has 5 rings (SSSR count). The van der Waals surface area contributed by atoms with E-state index >= 15 is 0 Å². The van der Waals surface area contributed by atoms with Crippen molar-refractivity contribution in [2.24, 2.45) is 5.73 Å². The van der Waals surface area contributed by atoms with Gasteiger partial charge in [0.15, 0.2) is 0 Å². The Morgan fingerprint density at radius 1 is 1.25 bits per heavy atom. The zero-order valence-electron chi connectivity index (χ0n) is 17.9. The Hall–Kier alpha value is -3.83. The van der Waals surface area contributed by atoms with Crippen molar-refractivity contribution in [3.63, 3.8) is 0 Å². The fourth-order valence-corrected chi connectivity index (χ4v) is 4.33. The Balaban J connectivity index is 1.75. The van der Waals surface area contributed by atoms with Gasteiger partial charge in [0.05, 0.1) is 33.5 Å². The number of rotatable bonds is 3. The first-order chi connectivity index (χ1) is 15.4. The molecule has 8 heteroatoms. The molecule has 0 unspecified atom stereocenters. The van der Waals surface area contributed by atoms with Crippen molar-refractivity contribution in [1.29, 1.82) is 5.26 Å². The summed E-state index contributed by atoms with van der Waals surface area (Å²) >= 11 is 0. The summed E-state index contributed by atoms with van der Waals surface area (Å²) in [7, 11) is 0. The van der Waals surface area contributed by atoms with E-state index in [0.29, 0.717) is 17.9 Å². The van der Waals surface area contributed by atoms with Gasteiger partial charge < -0.3 is 15.6 Å². The van der Waals surface area contributed by atoms with E-state index in [4.69, 9.17) is 10.7 Å². The summed E-state index contributed by atoms with van der Waals surface area (Å²) in [5, 5.41) is 9.32. The van der Waals surface area contributed by atoms with Crippen molar-refractivity contribution in [2.45, 2.75) is 25.8 Å². The van der Waals surface area contributed by atoms with Crippen LogP contribution in [0.4, 0.5) is 10.1 Å². The number of anilines is 1. The molecule has 0 radical (unpaired) electrons. The van der Waals surface area contributed by atoms with Gasteiger partial charge in [-0.05, 0) is 44.0 Å². The standard InChI is InChI=1S/C24H22FN7/c1-14-21-20(5-7-29-14)30-23(31-21)18-12-28-11-17(15-3-4-19(25)16(9-15)10-26)22(18)32-8-6-24(2,27)13-32/h3-5,7,9,11-12H,6,8,13,27H2,1-2H3,(H,30,31)/t24-/m0/s1. The third-order valence-electron chi connectivity index (χ3n) is 5.99. The lowest BCUT2D eigenvalue weighted by Gasteiger charge is -2.26. The molecule has 1 aromatic carbocycles. The summed E-state index contributed by atoms with van der Waals surface area (Å²) in [5.41, 5.74) is 11.9. The maximum absolute atomic E-state index is 14.0. The van der Waals surface area contributed by atoms with Crippen LogP contribution in [0.25, 0.3) is 33.5 Å². The number of halogens is 1. The predicted octanol–water partition coefficient (Wildman–Crippen LogP) is 3.93. The van der Waals surface area contributed by atoms with Crippen LogP contribution < -0.4 is 10.6 Å². The average Bonchev–Trinajstić information content (AvgIpc) is 3.37. The highest BCUT2D eigenvalue weighted by Crippen LogP contribution is 2.41. The number of nitriles is 1. The minimum absolute atomic E-state index is 0.00521. The van der Waals surface area contributed by atoms with Gasteiger partial charge in [-0.1, -0.05) is 6.07 Å². The van der Waals surface area contributed by atoms with Crippen LogP contribution >= 0.6 is 0 Å². The second kappa shape index (κ2) is 7.39. The van der Waals surface area contributed by atoms with E-state index in [2.05, 4.69) is 19.9 Å². The van der Waals surface area contributed by atoms with Crippen LogP contribution in [0.15, 0.2) is 42.9 Å². The van der Waals surface area contributed by atoms with Gasteiger partial charge >= 0.3 is 0 Å². The molecule has 32 heavy (non-hydrogen) atoms. The maximum Gasteiger partial charge on any atom is 0.142 e. The normalized spacial score (nSPS) is 18.3. The third-order valence-corrected chi connectivity index (χ3v) is 5.99. The number of fused-ring (bicyclic) bond motifs is 1. The molecule has 3 N–H and O–H groups in total. The van der Waals surface area contributed by atoms with Crippen molar-refractivity contribution >= 4 is 16.7 Å². The molecule has 1 aliphatic rings. The minimum Gasteiger partial charge on any atom is -0.368 e. The summed E-state index contributed by atoms with van der Waals surface area (Å²) in [4.78, 5) is 19.2. The summed E-state index contributed by atoms with van der Waals surface area (Å²) in [6.45, 7) is 5.39. The molecule has 0 bridgehead atoms. The second-order valence-electron chi connectivity index (χ2n) is 8.59. The van der Waals surface area contributed by atoms with Crippen molar-refractivity contribution < 1.29 is 4.39 Å². The molecule has 0 spiro atoms. The topological polar surface area (TPSA) is 108 Å². The number of H-pyrrole nitrogens is 1. The van der Waals surface area contributed by atoms with Gasteiger partial charge in [0.25, 0.3) is 0 Å². The average molecular weight is 427 g/mol. The number of benzene rings is 1. The molecular formula is C24H22FN7. The first kappa shape index (κ1) is 20.1. The number of aromatic amines is 1. The van der Waals surface area contributed by atoms with Crippen molar-refractivity contribution in [3.05, 3.63) is 59.9 Å². The molecule has 0 amide bonds. The van der Waals surface area contributed by atoms with Gasteiger partial charge in [-0.15, -0.1) is 0 Å². The number of imidazole rings is 1. The lowest BCUT2D eigenvalue weighted by molar-refractivity contribution is 0.525. The van der Waals surface area contributed by atoms with Gasteiger partial charge in [0.1, 0.15) is 17.7 Å². The fraction of sp³-hybridized carbons (Fsp3) is 0.250. The molecular weight excluding hydrogens is 405 g/mol. The van der Waals surface area contributed by atoms with E-state index in [1.807, 2.05) is 26.0 Å². The Morgan fingerprint density at radius 3 is 2.78 bits per heavy atom. The lowest BCUT2D eigenvalue weighted by Crippen LogP contribution is -2.39. The van der Waals surface area contributed by atoms with Crippen molar-refractivity contribution in [3.8, 4) is 28.6 Å². The van der Waals surface area contributed by atoms with Gasteiger partial charge in [-0.25, -0.2) is 9.37 Å². The van der Waals surface area contributed by atoms with E-state index in [1.54, 1.807) is 30.7 Å². The number of pyridine rings is 2. The molecule has 1 fully saturated rings. The van der Waals surface area contributed by atoms with E-state index in [-0.39, 0.29) is 11.1 Å². The zero-order chi connectivity index (χ0) is 22.5. The number of nitrogens with one attached hydrogen (secondary N) is 1. The smallest absolute Gasteiger partial charge is 0.142 e. The number of hydrogen-bond acceptors (Lipinski definition) is 6. The lowest BCUT2D eigenvalue weighted by atomic mass is 9.99. The molecule has 4 heterocycles. The van der Waals surface area contributed by atoms with Crippen molar-refractivity contribution in [2.75, 3.05) is 18.0 Å². The summed E-state index contributed by atoms with van der Waals surface area (Å²) in [5.74, 6) is 0.131. The van der Waals surface area contributed by atoms with E-state index in [9.17, 15) is 9.65 Å². The zero-order valence-corrected chi connectivity index (χ0v) is 17.9. The van der Waals surface area contributed by atoms with E-state index in [0.717, 1.165) is 46.5 Å². The van der Waals surface area contributed by atoms with Crippen LogP contribution in [0.2, 0.25) is 0 Å². The number of nitrogens with zero attached hydrogens (tertiary/aromatic N) is 5. The van der Waals surface area contributed by atoms with Gasteiger partial charge in [0.2, 0.25) is 0 Å². The highest BCUT2D eigenvalue weighted by Gasteiger charge is 2.33. The molecule has 0 aliphatic carbocycles. The van der Waals surface area contributed by atoms with Gasteiger partial charge in [-0.2, -0.15) is 5.26 Å². The van der Waals surface area contributed by atoms with Crippen LogP contribution in [-0.2, 0) is 0 Å². The van der Waals surface area contributed by atoms with Crippen LogP contribution in [-0.4, -0.2) is 38.6 Å². The Labute approximate surface area is 184 Å². The third kappa shape index (κ3) is 3.37. The molecule has 1 aliphatic heterocycles. The Kier molecular flexibility index (Phi) is 4.64. The summed E-state index contributed by atoms with van der Waals surface area (Å²) < 4.78 is 14.0. The molecule has 3 aromatic heterocycles. The molecule has 160 valence electrons. The predicted molar refractivity (Wildman–Crippen MR) is 121 cm³/mol. The highest BCUT2D eigenvalue weighted by atomic mass is 19.1. The Morgan fingerprint density at radius 2 is 2.06 bits per heavy atom. The quantitative estimate of drug-likeness (QED) is 0.513. The number of hydrogen-bond donors (Lipinski definition) is 2. The Bertz CT molecular complexity index is 1380. The van der Waals surface area contributed by atoms with E-state index in [1.165, 1.54) is 6.07 Å². The number of nitrogens with two attached hydrogens (primary N) is 1. The first-order valence-corrected chi connectivity index (χ1v) is 10.4. The SMILES string of the molecule is Cc1nccc2nc(-c3cncc(-c4ccc(F)c(C#N)c4)c3N3CC[C@](C)(N)C3)[nH]c12. The van der Waals surface area contributed by atoms with Gasteiger partial charge in [0, 0.05) is 42.8 Å². The largest absolute Gasteiger partial charge is 0.368 e. The highest BCUT2D eigenvalue weighted by molar-refractivity contribution is 5.91. The monoisotopic (exact) mass is 427 g/mol. The van der Waals surface area contributed by atoms with Crippen LogP contribution in [0, 0.1) is 24.1 Å². The van der Waals surface area contributed by atoms with Crippen LogP contribution in [0.3, 0.4) is 0 Å². The molecule has 1 saturated heterocycles. The van der Waals surface area contributed by atoms with Crippen LogP contribution in [0.5, 0.6) is 0 Å². The van der Waals surface area contributed by atoms with Crippen LogP contribution in [0.1, 0.15) is 24.6 Å². The summed E-state index contributed by atoms with van der Waals surface area (Å²) in [6, 6.07) is 8.34. The molecule has 0 saturated carbocycles.